The molecule has 1 fully saturated rings. The summed E-state index contributed by atoms with van der Waals surface area (Å²) in [6.45, 7) is 0.280. The Morgan fingerprint density at radius 1 is 1.08 bits per heavy atom. The summed E-state index contributed by atoms with van der Waals surface area (Å²) in [7, 11) is 1.58. The molecule has 1 aliphatic rings. The zero-order valence-electron chi connectivity index (χ0n) is 19.6. The normalized spacial score (nSPS) is 17.0. The number of nitrogens with zero attached hydrogens (tertiary/aromatic N) is 2. The molecule has 0 aromatic heterocycles. The van der Waals surface area contributed by atoms with Gasteiger partial charge in [-0.2, -0.15) is 0 Å². The van der Waals surface area contributed by atoms with Crippen LogP contribution in [-0.2, 0) is 16.1 Å². The number of aliphatic imine (C=N–C) groups is 1. The lowest BCUT2D eigenvalue weighted by Crippen LogP contribution is -2.44. The third kappa shape index (κ3) is 7.43. The molecule has 192 valence electrons. The lowest BCUT2D eigenvalue weighted by molar-refractivity contribution is -0.129. The Morgan fingerprint density at radius 2 is 1.73 bits per heavy atom. The van der Waals surface area contributed by atoms with Crippen LogP contribution in [0.15, 0.2) is 83.9 Å². The Bertz CT molecular complexity index is 1270. The van der Waals surface area contributed by atoms with Crippen molar-refractivity contribution in [1.29, 1.82) is 0 Å². The van der Waals surface area contributed by atoms with Crippen molar-refractivity contribution in [3.8, 4) is 11.5 Å². The first-order valence-electron chi connectivity index (χ1n) is 11.1. The van der Waals surface area contributed by atoms with Crippen molar-refractivity contribution in [2.45, 2.75) is 23.8 Å². The highest BCUT2D eigenvalue weighted by Crippen LogP contribution is 2.32. The summed E-state index contributed by atoms with van der Waals surface area (Å²) in [6, 6.07) is 21.8. The molecule has 2 amide bonds. The maximum absolute atomic E-state index is 13.2. The van der Waals surface area contributed by atoms with E-state index in [0.29, 0.717) is 22.3 Å². The second-order valence-electron chi connectivity index (χ2n) is 7.93. The van der Waals surface area contributed by atoms with E-state index < -0.39 is 16.7 Å². The fourth-order valence-electron chi connectivity index (χ4n) is 3.49. The van der Waals surface area contributed by atoms with E-state index in [9.17, 15) is 18.4 Å². The van der Waals surface area contributed by atoms with E-state index in [1.54, 1.807) is 24.1 Å². The number of benzene rings is 3. The van der Waals surface area contributed by atoms with Gasteiger partial charge in [-0.1, -0.05) is 42.1 Å². The van der Waals surface area contributed by atoms with E-state index in [-0.39, 0.29) is 24.6 Å². The molecule has 3 aromatic rings. The molecule has 4 rings (SSSR count). The van der Waals surface area contributed by atoms with Crippen molar-refractivity contribution in [1.82, 2.24) is 4.90 Å². The maximum Gasteiger partial charge on any atom is 0.487 e. The number of anilines is 1. The zero-order chi connectivity index (χ0) is 26.4. The molecule has 11 heteroatoms. The minimum atomic E-state index is -3.84. The third-order valence-corrected chi connectivity index (χ3v) is 6.53. The Hall–Kier alpha value is -3.63. The monoisotopic (exact) mass is 545 g/mol. The van der Waals surface area contributed by atoms with Crippen molar-refractivity contribution in [2.75, 3.05) is 12.4 Å². The Balaban J connectivity index is 1.51. The van der Waals surface area contributed by atoms with Crippen LogP contribution in [0.25, 0.3) is 0 Å². The van der Waals surface area contributed by atoms with Gasteiger partial charge in [0.1, 0.15) is 16.7 Å². The van der Waals surface area contributed by atoms with Gasteiger partial charge >= 0.3 is 5.57 Å². The molecule has 1 aliphatic heterocycles. The quantitative estimate of drug-likeness (QED) is 0.350. The highest BCUT2D eigenvalue weighted by Gasteiger charge is 2.36. The molecule has 1 heterocycles. The number of hydrogen-bond acceptors (Lipinski definition) is 6. The van der Waals surface area contributed by atoms with E-state index in [2.05, 4.69) is 15.0 Å². The highest BCUT2D eigenvalue weighted by molar-refractivity contribution is 8.15. The average Bonchev–Trinajstić information content (AvgIpc) is 2.87. The molecule has 0 spiro atoms. The van der Waals surface area contributed by atoms with Gasteiger partial charge in [0, 0.05) is 23.7 Å². The summed E-state index contributed by atoms with van der Waals surface area (Å²) in [5.41, 5.74) is -1.96. The Morgan fingerprint density at radius 3 is 2.35 bits per heavy atom. The molecule has 3 aromatic carbocycles. The van der Waals surface area contributed by atoms with Crippen molar-refractivity contribution in [3.63, 3.8) is 0 Å². The third-order valence-electron chi connectivity index (χ3n) is 5.27. The van der Waals surface area contributed by atoms with E-state index in [4.69, 9.17) is 16.3 Å². The topological polar surface area (TPSA) is 80.2 Å². The van der Waals surface area contributed by atoms with Crippen molar-refractivity contribution in [2.24, 2.45) is 4.99 Å². The standard InChI is InChI=1S/C26H22ClF2N3O4S/c1-35-20-11-7-17(8-12-20)16-32-23(33)15-22(37-25(32)31-18-5-3-2-4-6-18)24(34)30-19-9-13-21(14-10-19)36-26(27,28)29/h2-14,22H,15-16H2,1H3,(H,30,34)/t22-/m0/s1. The fourth-order valence-corrected chi connectivity index (χ4v) is 4.67. The molecule has 1 atom stereocenters. The van der Waals surface area contributed by atoms with Gasteiger partial charge in [-0.25, -0.2) is 4.99 Å². The van der Waals surface area contributed by atoms with Crippen molar-refractivity contribution >= 4 is 51.7 Å². The number of hydrogen-bond donors (Lipinski definition) is 1. The predicted octanol–water partition coefficient (Wildman–Crippen LogP) is 6.02. The lowest BCUT2D eigenvalue weighted by Gasteiger charge is -2.32. The largest absolute Gasteiger partial charge is 0.497 e. The Labute approximate surface area is 221 Å². The molecule has 0 aliphatic carbocycles. The number of amides is 2. The van der Waals surface area contributed by atoms with Crippen LogP contribution in [0.2, 0.25) is 0 Å². The van der Waals surface area contributed by atoms with Crippen molar-refractivity contribution in [3.05, 3.63) is 84.4 Å². The van der Waals surface area contributed by atoms with Crippen LogP contribution in [0.4, 0.5) is 20.2 Å². The number of carbonyl (C=O) groups is 2. The molecule has 1 N–H and O–H groups in total. The Kier molecular flexibility index (Phi) is 8.30. The maximum atomic E-state index is 13.2. The number of thioether (sulfide) groups is 1. The minimum absolute atomic E-state index is 0.0415. The summed E-state index contributed by atoms with van der Waals surface area (Å²) in [5.74, 6) is -0.127. The molecular weight excluding hydrogens is 524 g/mol. The van der Waals surface area contributed by atoms with E-state index >= 15 is 0 Å². The average molecular weight is 546 g/mol. The summed E-state index contributed by atoms with van der Waals surface area (Å²) < 4.78 is 35.1. The second kappa shape index (κ2) is 11.6. The number of methoxy groups -OCH3 is 1. The minimum Gasteiger partial charge on any atom is -0.497 e. The molecule has 7 nitrogen and oxygen atoms in total. The number of carbonyl (C=O) groups excluding carboxylic acids is 2. The lowest BCUT2D eigenvalue weighted by atomic mass is 10.2. The highest BCUT2D eigenvalue weighted by atomic mass is 35.5. The first-order valence-corrected chi connectivity index (χ1v) is 12.4. The first kappa shape index (κ1) is 26.4. The second-order valence-corrected chi connectivity index (χ2v) is 9.54. The van der Waals surface area contributed by atoms with E-state index in [0.717, 1.165) is 5.56 Å². The molecule has 37 heavy (non-hydrogen) atoms. The summed E-state index contributed by atoms with van der Waals surface area (Å²) in [4.78, 5) is 32.4. The molecular formula is C26H22ClF2N3O4S. The van der Waals surface area contributed by atoms with Gasteiger partial charge in [0.15, 0.2) is 5.17 Å². The smallest absolute Gasteiger partial charge is 0.487 e. The SMILES string of the molecule is COc1ccc(CN2C(=O)C[C@@H](C(=O)Nc3ccc(OC(F)(F)Cl)cc3)SC2=Nc2ccccc2)cc1. The summed E-state index contributed by atoms with van der Waals surface area (Å²) in [6.07, 6.45) is -0.0415. The zero-order valence-corrected chi connectivity index (χ0v) is 21.1. The number of halogens is 3. The van der Waals surface area contributed by atoms with Crippen LogP contribution in [0, 0.1) is 0 Å². The molecule has 0 radical (unpaired) electrons. The summed E-state index contributed by atoms with van der Waals surface area (Å²) >= 11 is 5.95. The van der Waals surface area contributed by atoms with Gasteiger partial charge in [-0.15, -0.1) is 8.78 Å². The number of para-hydroxylation sites is 1. The van der Waals surface area contributed by atoms with Gasteiger partial charge in [-0.3, -0.25) is 14.5 Å². The van der Waals surface area contributed by atoms with Gasteiger partial charge in [0.05, 0.1) is 19.3 Å². The summed E-state index contributed by atoms with van der Waals surface area (Å²) in [5, 5.41) is 2.36. The molecule has 0 unspecified atom stereocenters. The van der Waals surface area contributed by atoms with Gasteiger partial charge in [0.2, 0.25) is 11.8 Å². The van der Waals surface area contributed by atoms with Crippen LogP contribution in [0.3, 0.4) is 0 Å². The number of nitrogens with one attached hydrogen (secondary N) is 1. The van der Waals surface area contributed by atoms with Gasteiger partial charge in [-0.05, 0) is 54.1 Å². The number of alkyl halides is 3. The molecule has 1 saturated heterocycles. The van der Waals surface area contributed by atoms with Crippen LogP contribution in [0.1, 0.15) is 12.0 Å². The number of amidine groups is 1. The van der Waals surface area contributed by atoms with Crippen molar-refractivity contribution < 1.29 is 27.8 Å². The van der Waals surface area contributed by atoms with Crippen LogP contribution >= 0.6 is 23.4 Å². The first-order chi connectivity index (χ1) is 17.7. The van der Waals surface area contributed by atoms with Crippen LogP contribution in [-0.4, -0.2) is 39.8 Å². The van der Waals surface area contributed by atoms with Gasteiger partial charge < -0.3 is 14.8 Å². The van der Waals surface area contributed by atoms with E-state index in [1.807, 2.05) is 42.5 Å². The molecule has 0 saturated carbocycles. The van der Waals surface area contributed by atoms with Gasteiger partial charge in [0.25, 0.3) is 0 Å². The molecule has 0 bridgehead atoms. The van der Waals surface area contributed by atoms with Crippen LogP contribution < -0.4 is 14.8 Å². The number of rotatable bonds is 8. The van der Waals surface area contributed by atoms with E-state index in [1.165, 1.54) is 36.0 Å². The predicted molar refractivity (Wildman–Crippen MR) is 140 cm³/mol. The number of ether oxygens (including phenoxy) is 2. The van der Waals surface area contributed by atoms with Crippen LogP contribution in [0.5, 0.6) is 11.5 Å². The fraction of sp³-hybridized carbons (Fsp3) is 0.192.